The minimum Gasteiger partial charge on any atom is -0.319 e. The van der Waals surface area contributed by atoms with Crippen LogP contribution in [0.2, 0.25) is 0 Å². The number of rotatable bonds is 2. The summed E-state index contributed by atoms with van der Waals surface area (Å²) >= 11 is 1.66. The molecule has 0 fully saturated rings. The van der Waals surface area contributed by atoms with Crippen LogP contribution in [0.5, 0.6) is 0 Å². The Morgan fingerprint density at radius 3 is 3.06 bits per heavy atom. The van der Waals surface area contributed by atoms with Crippen LogP contribution >= 0.6 is 11.3 Å². The number of fused-ring (bicyclic) bond motifs is 1. The Hall–Kier alpha value is -1.79. The molecule has 1 unspecified atom stereocenters. The first-order valence-electron chi connectivity index (χ1n) is 5.19. The molecule has 1 atom stereocenters. The molecule has 0 saturated heterocycles. The highest BCUT2D eigenvalue weighted by atomic mass is 32.1. The Balaban J connectivity index is 2.06. The van der Waals surface area contributed by atoms with Crippen molar-refractivity contribution in [1.82, 2.24) is 20.0 Å². The second-order valence-electron chi connectivity index (χ2n) is 3.83. The van der Waals surface area contributed by atoms with Crippen molar-refractivity contribution in [1.29, 1.82) is 0 Å². The highest BCUT2D eigenvalue weighted by molar-refractivity contribution is 7.17. The molecule has 0 aliphatic heterocycles. The fraction of sp³-hybridized carbons (Fsp3) is 0.182. The molecule has 17 heavy (non-hydrogen) atoms. The van der Waals surface area contributed by atoms with Crippen LogP contribution in [0.3, 0.4) is 0 Å². The lowest BCUT2D eigenvalue weighted by Gasteiger charge is -2.10. The molecular weight excluding hydrogens is 234 g/mol. The van der Waals surface area contributed by atoms with Crippen LogP contribution < -0.4 is 5.73 Å². The Morgan fingerprint density at radius 1 is 1.41 bits per heavy atom. The van der Waals surface area contributed by atoms with Gasteiger partial charge in [0.25, 0.3) is 0 Å². The van der Waals surface area contributed by atoms with Gasteiger partial charge in [-0.05, 0) is 23.1 Å². The first-order valence-corrected chi connectivity index (χ1v) is 6.07. The normalized spacial score (nSPS) is 13.1. The van der Waals surface area contributed by atoms with E-state index >= 15 is 0 Å². The Morgan fingerprint density at radius 2 is 2.29 bits per heavy atom. The van der Waals surface area contributed by atoms with Crippen LogP contribution in [0.1, 0.15) is 17.3 Å². The van der Waals surface area contributed by atoms with Crippen LogP contribution in [0.4, 0.5) is 0 Å². The van der Waals surface area contributed by atoms with Gasteiger partial charge in [0, 0.05) is 13.2 Å². The lowest BCUT2D eigenvalue weighted by atomic mass is 10.1. The van der Waals surface area contributed by atoms with Crippen molar-refractivity contribution in [3.8, 4) is 0 Å². The van der Waals surface area contributed by atoms with Crippen LogP contribution in [0.15, 0.2) is 29.9 Å². The molecule has 0 spiro atoms. The van der Waals surface area contributed by atoms with Gasteiger partial charge < -0.3 is 5.73 Å². The molecule has 3 rings (SSSR count). The molecule has 0 amide bonds. The fourth-order valence-electron chi connectivity index (χ4n) is 1.78. The minimum absolute atomic E-state index is 0.242. The lowest BCUT2D eigenvalue weighted by Crippen LogP contribution is -2.16. The summed E-state index contributed by atoms with van der Waals surface area (Å²) in [6.07, 6.45) is 3.50. The number of hydrogen-bond donors (Lipinski definition) is 1. The first kappa shape index (κ1) is 10.4. The Kier molecular flexibility index (Phi) is 2.38. The third-order valence-corrected chi connectivity index (χ3v) is 3.60. The average molecular weight is 245 g/mol. The molecule has 2 N–H and O–H groups in total. The van der Waals surface area contributed by atoms with Crippen LogP contribution in [-0.4, -0.2) is 20.0 Å². The summed E-state index contributed by atoms with van der Waals surface area (Å²) in [6, 6.07) is 3.83. The Labute approximate surface area is 102 Å². The van der Waals surface area contributed by atoms with Crippen molar-refractivity contribution in [2.45, 2.75) is 6.04 Å². The molecule has 3 aromatic rings. The molecule has 0 saturated carbocycles. The van der Waals surface area contributed by atoms with Crippen molar-refractivity contribution >= 4 is 21.6 Å². The number of aryl methyl sites for hydroxylation is 1. The fourth-order valence-corrected chi connectivity index (χ4v) is 2.57. The van der Waals surface area contributed by atoms with E-state index in [0.717, 1.165) is 21.5 Å². The summed E-state index contributed by atoms with van der Waals surface area (Å²) in [6.45, 7) is 0. The highest BCUT2D eigenvalue weighted by Crippen LogP contribution is 2.24. The maximum absolute atomic E-state index is 6.19. The zero-order chi connectivity index (χ0) is 11.8. The predicted molar refractivity (Wildman–Crippen MR) is 66.7 cm³/mol. The molecule has 0 aliphatic rings. The predicted octanol–water partition coefficient (Wildman–Crippen LogP) is 1.47. The summed E-state index contributed by atoms with van der Waals surface area (Å²) in [5.74, 6) is 0. The monoisotopic (exact) mass is 245 g/mol. The van der Waals surface area contributed by atoms with Crippen LogP contribution in [-0.2, 0) is 7.05 Å². The van der Waals surface area contributed by atoms with E-state index in [4.69, 9.17) is 5.73 Å². The van der Waals surface area contributed by atoms with Crippen molar-refractivity contribution in [3.63, 3.8) is 0 Å². The van der Waals surface area contributed by atoms with Crippen molar-refractivity contribution in [2.75, 3.05) is 0 Å². The molecule has 86 valence electrons. The van der Waals surface area contributed by atoms with Crippen molar-refractivity contribution < 1.29 is 0 Å². The number of nitrogens with zero attached hydrogens (tertiary/aromatic N) is 4. The topological polar surface area (TPSA) is 69.6 Å². The van der Waals surface area contributed by atoms with Gasteiger partial charge in [0.05, 0.1) is 28.1 Å². The van der Waals surface area contributed by atoms with E-state index in [0.29, 0.717) is 0 Å². The third kappa shape index (κ3) is 1.71. The smallest absolute Gasteiger partial charge is 0.0809 e. The maximum Gasteiger partial charge on any atom is 0.0809 e. The standard InChI is InChI=1S/C11H11N5S/c1-16-9(6-14-15-16)11(12)7-4-10-8(13-5-7)2-3-17-10/h2-6,11H,12H2,1H3. The second kappa shape index (κ2) is 3.90. The lowest BCUT2D eigenvalue weighted by molar-refractivity contribution is 0.650. The zero-order valence-corrected chi connectivity index (χ0v) is 10.1. The molecule has 3 aromatic heterocycles. The quantitative estimate of drug-likeness (QED) is 0.742. The molecule has 6 heteroatoms. The first-order chi connectivity index (χ1) is 8.25. The molecule has 0 aromatic carbocycles. The minimum atomic E-state index is -0.242. The van der Waals surface area contributed by atoms with Crippen LogP contribution in [0.25, 0.3) is 10.2 Å². The van der Waals surface area contributed by atoms with E-state index in [1.807, 2.05) is 24.7 Å². The van der Waals surface area contributed by atoms with E-state index in [1.54, 1.807) is 22.2 Å². The van der Waals surface area contributed by atoms with E-state index < -0.39 is 0 Å². The van der Waals surface area contributed by atoms with Gasteiger partial charge in [-0.3, -0.25) is 9.67 Å². The maximum atomic E-state index is 6.19. The number of thiophene rings is 1. The van der Waals surface area contributed by atoms with Gasteiger partial charge in [-0.1, -0.05) is 5.21 Å². The molecule has 3 heterocycles. The summed E-state index contributed by atoms with van der Waals surface area (Å²) in [5, 5.41) is 9.75. The molecule has 0 aliphatic carbocycles. The van der Waals surface area contributed by atoms with Gasteiger partial charge in [0.1, 0.15) is 0 Å². The van der Waals surface area contributed by atoms with Gasteiger partial charge >= 0.3 is 0 Å². The van der Waals surface area contributed by atoms with Gasteiger partial charge in [-0.2, -0.15) is 0 Å². The van der Waals surface area contributed by atoms with E-state index in [1.165, 1.54) is 0 Å². The largest absolute Gasteiger partial charge is 0.319 e. The van der Waals surface area contributed by atoms with Crippen molar-refractivity contribution in [2.24, 2.45) is 12.8 Å². The molecule has 0 bridgehead atoms. The summed E-state index contributed by atoms with van der Waals surface area (Å²) in [5.41, 5.74) is 9.05. The molecule has 0 radical (unpaired) electrons. The van der Waals surface area contributed by atoms with E-state index in [-0.39, 0.29) is 6.04 Å². The van der Waals surface area contributed by atoms with Crippen molar-refractivity contribution in [3.05, 3.63) is 41.2 Å². The summed E-state index contributed by atoms with van der Waals surface area (Å²) in [4.78, 5) is 4.38. The molecular formula is C11H11N5S. The molecule has 5 nitrogen and oxygen atoms in total. The summed E-state index contributed by atoms with van der Waals surface area (Å²) in [7, 11) is 1.83. The number of aromatic nitrogens is 4. The Bertz CT molecular complexity index is 656. The third-order valence-electron chi connectivity index (χ3n) is 2.75. The van der Waals surface area contributed by atoms with Gasteiger partial charge in [-0.15, -0.1) is 16.4 Å². The van der Waals surface area contributed by atoms with E-state index in [9.17, 15) is 0 Å². The number of nitrogens with two attached hydrogens (primary N) is 1. The second-order valence-corrected chi connectivity index (χ2v) is 4.78. The van der Waals surface area contributed by atoms with Gasteiger partial charge in [0.2, 0.25) is 0 Å². The SMILES string of the molecule is Cn1nncc1C(N)c1cnc2ccsc2c1. The van der Waals surface area contributed by atoms with Gasteiger partial charge in [0.15, 0.2) is 0 Å². The van der Waals surface area contributed by atoms with Gasteiger partial charge in [-0.25, -0.2) is 0 Å². The number of hydrogen-bond acceptors (Lipinski definition) is 5. The highest BCUT2D eigenvalue weighted by Gasteiger charge is 2.14. The zero-order valence-electron chi connectivity index (χ0n) is 9.24. The average Bonchev–Trinajstić information content (AvgIpc) is 2.95. The number of pyridine rings is 1. The van der Waals surface area contributed by atoms with E-state index in [2.05, 4.69) is 21.4 Å². The summed E-state index contributed by atoms with van der Waals surface area (Å²) < 4.78 is 2.83. The van der Waals surface area contributed by atoms with Crippen LogP contribution in [0, 0.1) is 0 Å².